The Labute approximate surface area is 249 Å². The lowest BCUT2D eigenvalue weighted by atomic mass is 9.96. The molecular formula is C27H31F2N6O8P. The summed E-state index contributed by atoms with van der Waals surface area (Å²) in [6.45, 7) is 3.31. The zero-order chi connectivity index (χ0) is 31.8. The number of anilines is 1. The fourth-order valence-electron chi connectivity index (χ4n) is 4.75. The van der Waals surface area contributed by atoms with Gasteiger partial charge in [0.1, 0.15) is 35.8 Å². The molecule has 2 aromatic carbocycles. The van der Waals surface area contributed by atoms with E-state index < -0.39 is 62.9 Å². The van der Waals surface area contributed by atoms with Crippen LogP contribution in [0.3, 0.4) is 0 Å². The molecule has 0 saturated carbocycles. The number of hydrogen-bond acceptors (Lipinski definition) is 12. The maximum Gasteiger partial charge on any atom is 0.459 e. The van der Waals surface area contributed by atoms with Crippen LogP contribution in [0.1, 0.15) is 27.0 Å². The van der Waals surface area contributed by atoms with Gasteiger partial charge in [0.15, 0.2) is 23.3 Å². The zero-order valence-corrected chi connectivity index (χ0v) is 24.7. The van der Waals surface area contributed by atoms with Crippen molar-refractivity contribution in [3.8, 4) is 5.75 Å². The highest BCUT2D eigenvalue weighted by atomic mass is 31.2. The second kappa shape index (κ2) is 12.3. The molecule has 5 rings (SSSR count). The van der Waals surface area contributed by atoms with Crippen molar-refractivity contribution in [2.24, 2.45) is 0 Å². The Morgan fingerprint density at radius 1 is 1.16 bits per heavy atom. The van der Waals surface area contributed by atoms with Crippen molar-refractivity contribution >= 4 is 41.5 Å². The summed E-state index contributed by atoms with van der Waals surface area (Å²) in [6, 6.07) is 10.6. The van der Waals surface area contributed by atoms with Gasteiger partial charge in [-0.1, -0.05) is 36.4 Å². The van der Waals surface area contributed by atoms with Crippen LogP contribution in [0, 0.1) is 0 Å². The molecule has 0 bridgehead atoms. The van der Waals surface area contributed by atoms with Crippen LogP contribution in [0.4, 0.5) is 14.6 Å². The number of nitrogens with two attached hydrogens (primary N) is 1. The number of halogens is 2. The van der Waals surface area contributed by atoms with E-state index in [1.54, 1.807) is 50.2 Å². The van der Waals surface area contributed by atoms with E-state index in [1.807, 2.05) is 0 Å². The molecule has 14 nitrogen and oxygen atoms in total. The molecule has 0 amide bonds. The van der Waals surface area contributed by atoms with Gasteiger partial charge in [-0.15, -0.1) is 0 Å². The highest BCUT2D eigenvalue weighted by Crippen LogP contribution is 2.50. The number of aliphatic hydroxyl groups excluding tert-OH is 2. The van der Waals surface area contributed by atoms with Crippen LogP contribution in [0.25, 0.3) is 21.9 Å². The average Bonchev–Trinajstić information content (AvgIpc) is 3.52. The second-order valence-corrected chi connectivity index (χ2v) is 12.2. The topological polar surface area (TPSA) is 193 Å². The number of alkyl halides is 2. The van der Waals surface area contributed by atoms with E-state index in [2.05, 4.69) is 20.0 Å². The van der Waals surface area contributed by atoms with Crippen LogP contribution in [0.15, 0.2) is 55.1 Å². The minimum absolute atomic E-state index is 0.00653. The van der Waals surface area contributed by atoms with E-state index >= 15 is 0 Å². The van der Waals surface area contributed by atoms with Crippen molar-refractivity contribution in [1.82, 2.24) is 24.6 Å². The van der Waals surface area contributed by atoms with E-state index in [1.165, 1.54) is 13.0 Å². The van der Waals surface area contributed by atoms with Crippen molar-refractivity contribution in [3.63, 3.8) is 0 Å². The molecule has 0 spiro atoms. The molecule has 1 aliphatic rings. The Morgan fingerprint density at radius 2 is 1.89 bits per heavy atom. The number of nitrogen functional groups attached to an aromatic ring is 1. The second-order valence-electron chi connectivity index (χ2n) is 10.5. The van der Waals surface area contributed by atoms with Crippen molar-refractivity contribution in [2.45, 2.75) is 63.4 Å². The first-order valence-electron chi connectivity index (χ1n) is 13.5. The van der Waals surface area contributed by atoms with Gasteiger partial charge in [-0.2, -0.15) is 5.09 Å². The number of imidazole rings is 1. The quantitative estimate of drug-likeness (QED) is 0.139. The Morgan fingerprint density at radius 3 is 2.61 bits per heavy atom. The van der Waals surface area contributed by atoms with Gasteiger partial charge in [0.2, 0.25) is 0 Å². The summed E-state index contributed by atoms with van der Waals surface area (Å²) in [5.74, 6) is -0.759. The summed E-state index contributed by atoms with van der Waals surface area (Å²) in [5, 5.41) is 25.4. The highest BCUT2D eigenvalue weighted by molar-refractivity contribution is 7.52. The van der Waals surface area contributed by atoms with E-state index in [4.69, 9.17) is 24.3 Å². The Bertz CT molecular complexity index is 1700. The van der Waals surface area contributed by atoms with Gasteiger partial charge in [-0.3, -0.25) is 13.9 Å². The molecule has 3 heterocycles. The molecular weight excluding hydrogens is 605 g/mol. The predicted octanol–water partition coefficient (Wildman–Crippen LogP) is 2.95. The number of ether oxygens (including phenoxy) is 2. The third-order valence-electron chi connectivity index (χ3n) is 6.97. The van der Waals surface area contributed by atoms with Gasteiger partial charge in [0, 0.05) is 5.39 Å². The summed E-state index contributed by atoms with van der Waals surface area (Å²) in [7, 11) is -4.72. The van der Waals surface area contributed by atoms with Gasteiger partial charge >= 0.3 is 13.7 Å². The maximum atomic E-state index is 14.8. The number of aromatic nitrogens is 4. The Kier molecular flexibility index (Phi) is 8.84. The number of nitrogens with one attached hydrogen (secondary N) is 1. The van der Waals surface area contributed by atoms with Gasteiger partial charge in [-0.05, 0) is 32.2 Å². The number of fused-ring (bicyclic) bond motifs is 2. The van der Waals surface area contributed by atoms with E-state index in [0.717, 1.165) is 17.2 Å². The third-order valence-corrected chi connectivity index (χ3v) is 8.58. The SMILES string of the molecule is CC(C)OC(=O)[C@H](C)N[P@](=O)(OC[C@@]1(C(F)F)O[C@@H](n2cnc3c(N)ncnc32)[C@H](O)[C@@H]1O)Oc1cccc2ccccc12. The number of esters is 1. The number of hydrogen-bond donors (Lipinski definition) is 4. The Balaban J connectivity index is 1.47. The number of nitrogens with zero attached hydrogens (tertiary/aromatic N) is 4. The third kappa shape index (κ3) is 5.96. The minimum Gasteiger partial charge on any atom is -0.462 e. The Hall–Kier alpha value is -3.79. The number of carbonyl (C=O) groups excluding carboxylic acids is 1. The number of carbonyl (C=O) groups is 1. The molecule has 0 aliphatic carbocycles. The predicted molar refractivity (Wildman–Crippen MR) is 153 cm³/mol. The van der Waals surface area contributed by atoms with Crippen molar-refractivity contribution in [1.29, 1.82) is 0 Å². The number of aliphatic hydroxyl groups is 2. The standard InChI is InChI=1S/C27H31F2N6O8P/c1-14(2)41-25(38)15(3)34-44(39,43-18-10-6-8-16-7-4-5-9-17(16)18)40-11-27(26(28)29)21(37)20(36)24(42-27)35-13-33-19-22(30)31-12-32-23(19)35/h4-10,12-15,20-21,24,26,36-37H,11H2,1-3H3,(H,34,39)(H2,30,31,32)/t15-,20+,21-,24+,27+,44-/m0/s1. The van der Waals surface area contributed by atoms with Crippen molar-refractivity contribution < 1.29 is 46.9 Å². The molecule has 17 heteroatoms. The van der Waals surface area contributed by atoms with Gasteiger partial charge in [0.25, 0.3) is 6.43 Å². The number of rotatable bonds is 11. The van der Waals surface area contributed by atoms with Gasteiger partial charge < -0.3 is 29.9 Å². The molecule has 0 radical (unpaired) electrons. The molecule has 4 aromatic rings. The van der Waals surface area contributed by atoms with E-state index in [0.29, 0.717) is 10.8 Å². The minimum atomic E-state index is -4.72. The monoisotopic (exact) mass is 636 g/mol. The first-order valence-corrected chi connectivity index (χ1v) is 15.0. The lowest BCUT2D eigenvalue weighted by molar-refractivity contribution is -0.191. The first-order chi connectivity index (χ1) is 20.8. The molecule has 5 N–H and O–H groups in total. The normalized spacial score (nSPS) is 24.2. The van der Waals surface area contributed by atoms with Crippen LogP contribution >= 0.6 is 7.75 Å². The largest absolute Gasteiger partial charge is 0.462 e. The average molecular weight is 637 g/mol. The van der Waals surface area contributed by atoms with Crippen LogP contribution in [0.2, 0.25) is 0 Å². The summed E-state index contributed by atoms with van der Waals surface area (Å²) in [6.07, 6.45) is -7.56. The lowest BCUT2D eigenvalue weighted by Gasteiger charge is -2.32. The molecule has 236 valence electrons. The summed E-state index contributed by atoms with van der Waals surface area (Å²) < 4.78 is 66.9. The fourth-order valence-corrected chi connectivity index (χ4v) is 6.30. The molecule has 6 atom stereocenters. The molecule has 1 aliphatic heterocycles. The fraction of sp³-hybridized carbons (Fsp3) is 0.407. The maximum absolute atomic E-state index is 14.8. The summed E-state index contributed by atoms with van der Waals surface area (Å²) >= 11 is 0. The van der Waals surface area contributed by atoms with Crippen LogP contribution in [0.5, 0.6) is 5.75 Å². The van der Waals surface area contributed by atoms with Gasteiger partial charge in [0.05, 0.1) is 19.0 Å². The molecule has 44 heavy (non-hydrogen) atoms. The van der Waals surface area contributed by atoms with Crippen LogP contribution in [-0.4, -0.2) is 78.7 Å². The lowest BCUT2D eigenvalue weighted by Crippen LogP contribution is -2.53. The van der Waals surface area contributed by atoms with E-state index in [9.17, 15) is 28.4 Å². The van der Waals surface area contributed by atoms with Gasteiger partial charge in [-0.25, -0.2) is 28.3 Å². The first kappa shape index (κ1) is 31.6. The molecule has 1 saturated heterocycles. The molecule has 2 aromatic heterocycles. The van der Waals surface area contributed by atoms with Crippen molar-refractivity contribution in [3.05, 3.63) is 55.1 Å². The molecule has 0 unspecified atom stereocenters. The smallest absolute Gasteiger partial charge is 0.459 e. The number of benzene rings is 2. The van der Waals surface area contributed by atoms with Crippen LogP contribution in [-0.2, 0) is 23.4 Å². The summed E-state index contributed by atoms with van der Waals surface area (Å²) in [5.41, 5.74) is 3.05. The molecule has 1 fully saturated rings. The van der Waals surface area contributed by atoms with Crippen LogP contribution < -0.4 is 15.3 Å². The van der Waals surface area contributed by atoms with E-state index in [-0.39, 0.29) is 22.7 Å². The van der Waals surface area contributed by atoms with Crippen molar-refractivity contribution in [2.75, 3.05) is 12.3 Å². The zero-order valence-electron chi connectivity index (χ0n) is 23.8. The summed E-state index contributed by atoms with van der Waals surface area (Å²) in [4.78, 5) is 24.4. The highest BCUT2D eigenvalue weighted by Gasteiger charge is 2.61.